The van der Waals surface area contributed by atoms with Gasteiger partial charge in [-0.15, -0.1) is 5.54 Å². The van der Waals surface area contributed by atoms with Gasteiger partial charge in [-0.2, -0.15) is 0 Å². The Bertz CT molecular complexity index is 319. The molecule has 0 aromatic heterocycles. The fraction of sp³-hybridized carbons (Fsp3) is 0.636. The number of hydrogen-bond donors (Lipinski definition) is 0. The molecule has 16 heavy (non-hydrogen) atoms. The Morgan fingerprint density at radius 2 is 1.88 bits per heavy atom. The third-order valence-electron chi connectivity index (χ3n) is 1.36. The van der Waals surface area contributed by atoms with Crippen molar-refractivity contribution in [3.05, 3.63) is 0 Å². The van der Waals surface area contributed by atoms with Gasteiger partial charge in [0.2, 0.25) is 0 Å². The van der Waals surface area contributed by atoms with Gasteiger partial charge < -0.3 is 9.47 Å². The molecule has 0 bridgehead atoms. The molecule has 0 spiro atoms. The van der Waals surface area contributed by atoms with E-state index in [1.165, 1.54) is 6.92 Å². The van der Waals surface area contributed by atoms with Gasteiger partial charge in [-0.3, -0.25) is 4.79 Å². The molecular formula is C11H18O4Si. The highest BCUT2D eigenvalue weighted by molar-refractivity contribution is 6.83. The van der Waals surface area contributed by atoms with Crippen LogP contribution in [0.2, 0.25) is 19.6 Å². The van der Waals surface area contributed by atoms with Gasteiger partial charge in [-0.1, -0.05) is 25.6 Å². The first-order valence-corrected chi connectivity index (χ1v) is 8.63. The average Bonchev–Trinajstić information content (AvgIpc) is 2.10. The molecule has 0 aliphatic carbocycles. The van der Waals surface area contributed by atoms with E-state index in [1.807, 2.05) is 19.6 Å². The number of carbonyl (C=O) groups excluding carboxylic acids is 2. The Labute approximate surface area is 97.3 Å². The van der Waals surface area contributed by atoms with E-state index in [0.717, 1.165) is 0 Å². The molecule has 0 radical (unpaired) electrons. The predicted octanol–water partition coefficient (Wildman–Crippen LogP) is 1.36. The second-order valence-electron chi connectivity index (χ2n) is 4.26. The van der Waals surface area contributed by atoms with E-state index >= 15 is 0 Å². The van der Waals surface area contributed by atoms with E-state index in [-0.39, 0.29) is 6.61 Å². The van der Waals surface area contributed by atoms with Crippen molar-refractivity contribution >= 4 is 20.0 Å². The maximum absolute atomic E-state index is 11.4. The van der Waals surface area contributed by atoms with E-state index < -0.39 is 26.1 Å². The van der Waals surface area contributed by atoms with Gasteiger partial charge >= 0.3 is 11.9 Å². The van der Waals surface area contributed by atoms with Crippen LogP contribution in [0.4, 0.5) is 0 Å². The van der Waals surface area contributed by atoms with Crippen LogP contribution in [-0.2, 0) is 19.1 Å². The number of esters is 2. The van der Waals surface area contributed by atoms with Crippen LogP contribution < -0.4 is 0 Å². The van der Waals surface area contributed by atoms with Crippen LogP contribution in [0.5, 0.6) is 0 Å². The monoisotopic (exact) mass is 242 g/mol. The summed E-state index contributed by atoms with van der Waals surface area (Å²) in [6.45, 7) is 9.28. The normalized spacial score (nSPS) is 12.1. The first-order chi connectivity index (χ1) is 7.26. The fourth-order valence-corrected chi connectivity index (χ4v) is 1.37. The third kappa shape index (κ3) is 7.07. The molecule has 0 aliphatic heterocycles. The van der Waals surface area contributed by atoms with Gasteiger partial charge in [0.25, 0.3) is 6.10 Å². The van der Waals surface area contributed by atoms with E-state index in [2.05, 4.69) is 11.5 Å². The zero-order valence-electron chi connectivity index (χ0n) is 10.4. The second kappa shape index (κ2) is 6.33. The topological polar surface area (TPSA) is 52.6 Å². The van der Waals surface area contributed by atoms with Gasteiger partial charge in [0.05, 0.1) is 6.61 Å². The summed E-state index contributed by atoms with van der Waals surface area (Å²) in [7, 11) is -1.60. The lowest BCUT2D eigenvalue weighted by Gasteiger charge is -2.11. The summed E-state index contributed by atoms with van der Waals surface area (Å²) in [5.41, 5.74) is 2.98. The Morgan fingerprint density at radius 3 is 2.25 bits per heavy atom. The van der Waals surface area contributed by atoms with Gasteiger partial charge in [0.1, 0.15) is 8.07 Å². The molecule has 5 heteroatoms. The largest absolute Gasteiger partial charge is 0.462 e. The molecule has 0 saturated carbocycles. The Kier molecular flexibility index (Phi) is 5.82. The molecule has 0 saturated heterocycles. The maximum Gasteiger partial charge on any atom is 0.360 e. The number of hydrogen-bond acceptors (Lipinski definition) is 4. The van der Waals surface area contributed by atoms with Crippen LogP contribution in [-0.4, -0.2) is 32.7 Å². The lowest BCUT2D eigenvalue weighted by atomic mass is 10.4. The molecule has 0 aromatic carbocycles. The molecule has 4 nitrogen and oxygen atoms in total. The Hall–Kier alpha value is -1.28. The van der Waals surface area contributed by atoms with Gasteiger partial charge in [0, 0.05) is 6.92 Å². The molecule has 0 fully saturated rings. The molecule has 0 aliphatic rings. The molecule has 90 valence electrons. The van der Waals surface area contributed by atoms with Crippen molar-refractivity contribution in [2.75, 3.05) is 6.61 Å². The highest BCUT2D eigenvalue weighted by Gasteiger charge is 2.21. The zero-order valence-corrected chi connectivity index (χ0v) is 11.4. The molecule has 1 unspecified atom stereocenters. The molecule has 1 atom stereocenters. The van der Waals surface area contributed by atoms with E-state index in [0.29, 0.717) is 0 Å². The maximum atomic E-state index is 11.4. The smallest absolute Gasteiger partial charge is 0.360 e. The molecule has 0 rings (SSSR count). The highest BCUT2D eigenvalue weighted by atomic mass is 28.3. The summed E-state index contributed by atoms with van der Waals surface area (Å²) in [5.74, 6) is 1.52. The van der Waals surface area contributed by atoms with E-state index in [9.17, 15) is 9.59 Å². The molecule has 0 amide bonds. The first-order valence-electron chi connectivity index (χ1n) is 5.13. The summed E-state index contributed by atoms with van der Waals surface area (Å²) in [6, 6.07) is 0. The summed E-state index contributed by atoms with van der Waals surface area (Å²) in [6.07, 6.45) is -1.09. The van der Waals surface area contributed by atoms with Crippen LogP contribution in [0.1, 0.15) is 13.8 Å². The Morgan fingerprint density at radius 1 is 1.31 bits per heavy atom. The molecule has 0 N–H and O–H groups in total. The SMILES string of the molecule is CCOC(=O)C(C#C[Si](C)(C)C)OC(C)=O. The van der Waals surface area contributed by atoms with Crippen molar-refractivity contribution in [1.82, 2.24) is 0 Å². The minimum atomic E-state index is -1.60. The number of rotatable bonds is 3. The van der Waals surface area contributed by atoms with Crippen molar-refractivity contribution in [1.29, 1.82) is 0 Å². The summed E-state index contributed by atoms with van der Waals surface area (Å²) < 4.78 is 9.56. The standard InChI is InChI=1S/C11H18O4Si/c1-6-14-11(13)10(15-9(2)12)7-8-16(3,4)5/h10H,6H2,1-5H3. The molecule has 0 aromatic rings. The first kappa shape index (κ1) is 14.7. The van der Waals surface area contributed by atoms with Crippen molar-refractivity contribution in [3.63, 3.8) is 0 Å². The predicted molar refractivity (Wildman–Crippen MR) is 63.3 cm³/mol. The fourth-order valence-electron chi connectivity index (χ4n) is 0.802. The average molecular weight is 242 g/mol. The zero-order chi connectivity index (χ0) is 12.8. The van der Waals surface area contributed by atoms with Crippen molar-refractivity contribution in [3.8, 4) is 11.5 Å². The summed E-state index contributed by atoms with van der Waals surface area (Å²) in [5, 5.41) is 0. The van der Waals surface area contributed by atoms with Crippen molar-refractivity contribution in [2.24, 2.45) is 0 Å². The van der Waals surface area contributed by atoms with Crippen molar-refractivity contribution in [2.45, 2.75) is 39.6 Å². The minimum Gasteiger partial charge on any atom is -0.462 e. The summed E-state index contributed by atoms with van der Waals surface area (Å²) in [4.78, 5) is 22.2. The van der Waals surface area contributed by atoms with Crippen LogP contribution in [0.25, 0.3) is 0 Å². The van der Waals surface area contributed by atoms with Crippen LogP contribution >= 0.6 is 0 Å². The molecule has 0 heterocycles. The number of ether oxygens (including phenoxy) is 2. The van der Waals surface area contributed by atoms with Crippen molar-refractivity contribution < 1.29 is 19.1 Å². The van der Waals surface area contributed by atoms with Gasteiger partial charge in [0.15, 0.2) is 0 Å². The van der Waals surface area contributed by atoms with Crippen LogP contribution in [0.15, 0.2) is 0 Å². The quantitative estimate of drug-likeness (QED) is 0.426. The van der Waals surface area contributed by atoms with Gasteiger partial charge in [-0.05, 0) is 6.92 Å². The lowest BCUT2D eigenvalue weighted by Crippen LogP contribution is -2.28. The van der Waals surface area contributed by atoms with Crippen LogP contribution in [0.3, 0.4) is 0 Å². The highest BCUT2D eigenvalue weighted by Crippen LogP contribution is 2.00. The second-order valence-corrected chi connectivity index (χ2v) is 9.01. The molecular weight excluding hydrogens is 224 g/mol. The third-order valence-corrected chi connectivity index (χ3v) is 2.26. The van der Waals surface area contributed by atoms with Gasteiger partial charge in [-0.25, -0.2) is 4.79 Å². The number of carbonyl (C=O) groups is 2. The van der Waals surface area contributed by atoms with Crippen LogP contribution in [0, 0.1) is 11.5 Å². The van der Waals surface area contributed by atoms with E-state index in [1.54, 1.807) is 6.92 Å². The Balaban J connectivity index is 4.72. The minimum absolute atomic E-state index is 0.241. The summed E-state index contributed by atoms with van der Waals surface area (Å²) >= 11 is 0. The van der Waals surface area contributed by atoms with E-state index in [4.69, 9.17) is 9.47 Å². The lowest BCUT2D eigenvalue weighted by molar-refractivity contribution is -0.162.